The van der Waals surface area contributed by atoms with E-state index in [1.54, 1.807) is 7.11 Å². The van der Waals surface area contributed by atoms with Gasteiger partial charge in [-0.3, -0.25) is 0 Å². The summed E-state index contributed by atoms with van der Waals surface area (Å²) in [5.41, 5.74) is 2.18. The molecule has 114 valence electrons. The highest BCUT2D eigenvalue weighted by molar-refractivity contribution is 6.18. The summed E-state index contributed by atoms with van der Waals surface area (Å²) >= 11 is 0. The lowest BCUT2D eigenvalue weighted by molar-refractivity contribution is -0.198. The average molecular weight is 290 g/mol. The second kappa shape index (κ2) is 6.31. The fraction of sp³-hybridized carbons (Fsp3) is 0.471. The summed E-state index contributed by atoms with van der Waals surface area (Å²) in [7, 11) is 3.00. The molecule has 1 aromatic carbocycles. The van der Waals surface area contributed by atoms with Crippen molar-refractivity contribution in [1.29, 1.82) is 0 Å². The van der Waals surface area contributed by atoms with Crippen molar-refractivity contribution in [3.05, 3.63) is 41.2 Å². The molecule has 0 saturated carbocycles. The predicted molar refractivity (Wildman–Crippen MR) is 80.3 cm³/mol. The van der Waals surface area contributed by atoms with Gasteiger partial charge in [0.25, 0.3) is 0 Å². The monoisotopic (exact) mass is 290 g/mol. The predicted octanol–water partition coefficient (Wildman–Crippen LogP) is 3.61. The van der Waals surface area contributed by atoms with Crippen molar-refractivity contribution < 1.29 is 19.0 Å². The smallest absolute Gasteiger partial charge is 0.341 e. The molecule has 0 N–H and O–H groups in total. The lowest BCUT2D eigenvalue weighted by atomic mass is 9.90. The third-order valence-electron chi connectivity index (χ3n) is 3.82. The fourth-order valence-corrected chi connectivity index (χ4v) is 2.58. The number of carbonyl (C=O) groups is 1. The highest BCUT2D eigenvalue weighted by atomic mass is 16.7. The SMILES string of the molecule is CCCCC1=C(C(=O)OC)c2ccccc2C(C)(OC)O1. The van der Waals surface area contributed by atoms with Gasteiger partial charge in [-0.05, 0) is 6.42 Å². The Morgan fingerprint density at radius 1 is 1.29 bits per heavy atom. The van der Waals surface area contributed by atoms with E-state index in [0.29, 0.717) is 17.8 Å². The number of methoxy groups -OCH3 is 2. The van der Waals surface area contributed by atoms with Gasteiger partial charge in [-0.1, -0.05) is 37.6 Å². The van der Waals surface area contributed by atoms with Crippen LogP contribution in [0.4, 0.5) is 0 Å². The number of allylic oxidation sites excluding steroid dienone is 1. The molecule has 1 aromatic rings. The maximum Gasteiger partial charge on any atom is 0.341 e. The Morgan fingerprint density at radius 2 is 2.00 bits per heavy atom. The van der Waals surface area contributed by atoms with E-state index in [4.69, 9.17) is 14.2 Å². The van der Waals surface area contributed by atoms with E-state index in [0.717, 1.165) is 24.0 Å². The van der Waals surface area contributed by atoms with Crippen LogP contribution in [0.2, 0.25) is 0 Å². The summed E-state index contributed by atoms with van der Waals surface area (Å²) in [4.78, 5) is 12.2. The molecule has 21 heavy (non-hydrogen) atoms. The van der Waals surface area contributed by atoms with Crippen molar-refractivity contribution in [2.75, 3.05) is 14.2 Å². The standard InChI is InChI=1S/C17H22O4/c1-5-6-11-14-15(16(18)19-3)12-9-7-8-10-13(12)17(2,20-4)21-14/h7-10H,5-6,11H2,1-4H3. The highest BCUT2D eigenvalue weighted by Crippen LogP contribution is 2.42. The van der Waals surface area contributed by atoms with Gasteiger partial charge in [-0.25, -0.2) is 4.79 Å². The van der Waals surface area contributed by atoms with E-state index >= 15 is 0 Å². The van der Waals surface area contributed by atoms with Crippen LogP contribution in [0.25, 0.3) is 5.57 Å². The Bertz CT molecular complexity index is 562. The summed E-state index contributed by atoms with van der Waals surface area (Å²) in [6, 6.07) is 7.64. The molecular formula is C17H22O4. The van der Waals surface area contributed by atoms with Crippen LogP contribution in [0, 0.1) is 0 Å². The van der Waals surface area contributed by atoms with Crippen molar-refractivity contribution in [1.82, 2.24) is 0 Å². The van der Waals surface area contributed by atoms with Crippen molar-refractivity contribution >= 4 is 11.5 Å². The molecule has 0 aromatic heterocycles. The molecule has 1 aliphatic rings. The van der Waals surface area contributed by atoms with E-state index in [1.807, 2.05) is 31.2 Å². The lowest BCUT2D eigenvalue weighted by Crippen LogP contribution is -2.34. The number of benzene rings is 1. The summed E-state index contributed by atoms with van der Waals surface area (Å²) in [5, 5.41) is 0. The zero-order valence-electron chi connectivity index (χ0n) is 13.1. The molecule has 0 aliphatic carbocycles. The van der Waals surface area contributed by atoms with Gasteiger partial charge in [0, 0.05) is 31.6 Å². The molecule has 0 radical (unpaired) electrons. The normalized spacial score (nSPS) is 20.8. The first-order valence-corrected chi connectivity index (χ1v) is 7.23. The van der Waals surface area contributed by atoms with Gasteiger partial charge in [0.05, 0.1) is 7.11 Å². The van der Waals surface area contributed by atoms with Gasteiger partial charge in [-0.2, -0.15) is 0 Å². The number of hydrogen-bond acceptors (Lipinski definition) is 4. The molecule has 0 amide bonds. The molecule has 0 bridgehead atoms. The first-order chi connectivity index (χ1) is 10.1. The van der Waals surface area contributed by atoms with Gasteiger partial charge < -0.3 is 14.2 Å². The summed E-state index contributed by atoms with van der Waals surface area (Å²) < 4.78 is 16.6. The molecular weight excluding hydrogens is 268 g/mol. The number of ether oxygens (including phenoxy) is 3. The van der Waals surface area contributed by atoms with Crippen molar-refractivity contribution in [3.8, 4) is 0 Å². The lowest BCUT2D eigenvalue weighted by Gasteiger charge is -2.37. The fourth-order valence-electron chi connectivity index (χ4n) is 2.58. The van der Waals surface area contributed by atoms with Gasteiger partial charge in [-0.15, -0.1) is 0 Å². The summed E-state index contributed by atoms with van der Waals surface area (Å²) in [6.45, 7) is 3.97. The maximum atomic E-state index is 12.2. The van der Waals surface area contributed by atoms with Gasteiger partial charge in [0.15, 0.2) is 0 Å². The Hall–Kier alpha value is -1.81. The van der Waals surface area contributed by atoms with Gasteiger partial charge in [0.1, 0.15) is 11.3 Å². The molecule has 1 unspecified atom stereocenters. The van der Waals surface area contributed by atoms with Gasteiger partial charge in [0.2, 0.25) is 5.79 Å². The largest absolute Gasteiger partial charge is 0.465 e. The zero-order valence-corrected chi connectivity index (χ0v) is 13.1. The second-order valence-electron chi connectivity index (χ2n) is 5.19. The number of carbonyl (C=O) groups excluding carboxylic acids is 1. The van der Waals surface area contributed by atoms with Crippen molar-refractivity contribution in [2.24, 2.45) is 0 Å². The molecule has 1 atom stereocenters. The van der Waals surface area contributed by atoms with Crippen molar-refractivity contribution in [3.63, 3.8) is 0 Å². The van der Waals surface area contributed by atoms with Gasteiger partial charge >= 0.3 is 5.97 Å². The number of unbranched alkanes of at least 4 members (excludes halogenated alkanes) is 1. The average Bonchev–Trinajstić information content (AvgIpc) is 2.52. The van der Waals surface area contributed by atoms with E-state index in [-0.39, 0.29) is 5.97 Å². The summed E-state index contributed by atoms with van der Waals surface area (Å²) in [6.07, 6.45) is 2.65. The molecule has 4 nitrogen and oxygen atoms in total. The van der Waals surface area contributed by atoms with E-state index in [9.17, 15) is 4.79 Å². The van der Waals surface area contributed by atoms with Crippen LogP contribution < -0.4 is 0 Å². The second-order valence-corrected chi connectivity index (χ2v) is 5.19. The third kappa shape index (κ3) is 2.81. The third-order valence-corrected chi connectivity index (χ3v) is 3.82. The first-order valence-electron chi connectivity index (χ1n) is 7.23. The van der Waals surface area contributed by atoms with Crippen LogP contribution >= 0.6 is 0 Å². The maximum absolute atomic E-state index is 12.2. The minimum Gasteiger partial charge on any atom is -0.465 e. The first kappa shape index (κ1) is 15.6. The number of fused-ring (bicyclic) bond motifs is 1. The minimum atomic E-state index is -0.878. The van der Waals surface area contributed by atoms with Crippen LogP contribution in [-0.2, 0) is 24.8 Å². The Kier molecular flexibility index (Phi) is 4.68. The Balaban J connectivity index is 2.60. The molecule has 0 fully saturated rings. The Morgan fingerprint density at radius 3 is 2.62 bits per heavy atom. The molecule has 1 heterocycles. The zero-order chi connectivity index (χ0) is 15.5. The van der Waals surface area contributed by atoms with Crippen LogP contribution in [0.3, 0.4) is 0 Å². The molecule has 0 spiro atoms. The van der Waals surface area contributed by atoms with Crippen LogP contribution in [-0.4, -0.2) is 20.2 Å². The van der Waals surface area contributed by atoms with Crippen LogP contribution in [0.1, 0.15) is 44.2 Å². The molecule has 1 aliphatic heterocycles. The van der Waals surface area contributed by atoms with Crippen molar-refractivity contribution in [2.45, 2.75) is 38.9 Å². The minimum absolute atomic E-state index is 0.369. The van der Waals surface area contributed by atoms with E-state index in [2.05, 4.69) is 6.92 Å². The van der Waals surface area contributed by atoms with Crippen LogP contribution in [0.5, 0.6) is 0 Å². The van der Waals surface area contributed by atoms with Crippen LogP contribution in [0.15, 0.2) is 30.0 Å². The van der Waals surface area contributed by atoms with E-state index < -0.39 is 5.79 Å². The number of rotatable bonds is 5. The van der Waals surface area contributed by atoms with E-state index in [1.165, 1.54) is 7.11 Å². The summed E-state index contributed by atoms with van der Waals surface area (Å²) in [5.74, 6) is -0.601. The highest BCUT2D eigenvalue weighted by Gasteiger charge is 2.40. The molecule has 2 rings (SSSR count). The quantitative estimate of drug-likeness (QED) is 0.777. The molecule has 4 heteroatoms. The number of hydrogen-bond donors (Lipinski definition) is 0. The number of esters is 1. The topological polar surface area (TPSA) is 44.8 Å². The Labute approximate surface area is 125 Å². The molecule has 0 saturated heterocycles.